The molecular formula is C15H13ClFN. The summed E-state index contributed by atoms with van der Waals surface area (Å²) < 4.78 is 13.8. The van der Waals surface area contributed by atoms with E-state index in [1.165, 1.54) is 11.6 Å². The van der Waals surface area contributed by atoms with Crippen molar-refractivity contribution in [2.75, 3.05) is 11.9 Å². The van der Waals surface area contributed by atoms with Gasteiger partial charge in [0.1, 0.15) is 5.82 Å². The lowest BCUT2D eigenvalue weighted by atomic mass is 9.93. The molecule has 0 spiro atoms. The highest BCUT2D eigenvalue weighted by Gasteiger charge is 2.23. The van der Waals surface area contributed by atoms with Crippen LogP contribution in [-0.4, -0.2) is 6.54 Å². The molecule has 1 N–H and O–H groups in total. The van der Waals surface area contributed by atoms with E-state index in [0.29, 0.717) is 17.0 Å². The quantitative estimate of drug-likeness (QED) is 0.853. The van der Waals surface area contributed by atoms with Gasteiger partial charge in [0.25, 0.3) is 0 Å². The van der Waals surface area contributed by atoms with Crippen LogP contribution in [0.4, 0.5) is 10.1 Å². The van der Waals surface area contributed by atoms with Crippen LogP contribution in [0.15, 0.2) is 42.5 Å². The van der Waals surface area contributed by atoms with Crippen molar-refractivity contribution in [3.05, 3.63) is 64.4 Å². The number of para-hydroxylation sites is 1. The molecule has 2 aromatic rings. The number of anilines is 1. The van der Waals surface area contributed by atoms with Crippen molar-refractivity contribution in [2.24, 2.45) is 0 Å². The van der Waals surface area contributed by atoms with Crippen LogP contribution >= 0.6 is 11.6 Å². The van der Waals surface area contributed by atoms with Crippen molar-refractivity contribution >= 4 is 17.3 Å². The summed E-state index contributed by atoms with van der Waals surface area (Å²) >= 11 is 6.07. The van der Waals surface area contributed by atoms with Gasteiger partial charge in [0.15, 0.2) is 0 Å². The highest BCUT2D eigenvalue weighted by atomic mass is 35.5. The fourth-order valence-corrected chi connectivity index (χ4v) is 2.75. The molecule has 2 aromatic carbocycles. The van der Waals surface area contributed by atoms with E-state index < -0.39 is 0 Å². The summed E-state index contributed by atoms with van der Waals surface area (Å²) in [5, 5.41) is 3.86. The second-order valence-corrected chi connectivity index (χ2v) is 4.98. The highest BCUT2D eigenvalue weighted by Crippen LogP contribution is 2.35. The third kappa shape index (κ3) is 1.97. The zero-order valence-electron chi connectivity index (χ0n) is 9.79. The molecule has 0 amide bonds. The molecule has 0 saturated carbocycles. The molecule has 0 aliphatic carbocycles. The van der Waals surface area contributed by atoms with E-state index in [-0.39, 0.29) is 11.7 Å². The summed E-state index contributed by atoms with van der Waals surface area (Å²) in [6.07, 6.45) is 0.634. The first kappa shape index (κ1) is 11.5. The number of rotatable bonds is 2. The maximum absolute atomic E-state index is 13.8. The Kier molecular flexibility index (Phi) is 2.96. The minimum atomic E-state index is -0.216. The van der Waals surface area contributed by atoms with E-state index in [2.05, 4.69) is 17.4 Å². The monoisotopic (exact) mass is 261 g/mol. The predicted octanol–water partition coefficient (Wildman–Crippen LogP) is 4.23. The average Bonchev–Trinajstić information content (AvgIpc) is 2.77. The molecule has 18 heavy (non-hydrogen) atoms. The van der Waals surface area contributed by atoms with E-state index in [1.54, 1.807) is 12.1 Å². The lowest BCUT2D eigenvalue weighted by molar-refractivity contribution is 0.597. The maximum atomic E-state index is 13.8. The first-order chi connectivity index (χ1) is 8.75. The molecule has 3 rings (SSSR count). The van der Waals surface area contributed by atoms with Crippen molar-refractivity contribution in [2.45, 2.75) is 12.3 Å². The normalized spacial score (nSPS) is 17.3. The Balaban J connectivity index is 1.91. The fraction of sp³-hybridized carbons (Fsp3) is 0.200. The summed E-state index contributed by atoms with van der Waals surface area (Å²) in [5.41, 5.74) is 3.01. The van der Waals surface area contributed by atoms with Gasteiger partial charge in [-0.15, -0.1) is 0 Å². The molecule has 0 saturated heterocycles. The van der Waals surface area contributed by atoms with E-state index >= 15 is 0 Å². The van der Waals surface area contributed by atoms with Crippen LogP contribution in [0.25, 0.3) is 0 Å². The van der Waals surface area contributed by atoms with Crippen LogP contribution < -0.4 is 5.32 Å². The molecule has 0 bridgehead atoms. The molecule has 1 aliphatic heterocycles. The van der Waals surface area contributed by atoms with E-state index in [4.69, 9.17) is 11.6 Å². The van der Waals surface area contributed by atoms with E-state index in [0.717, 1.165) is 12.2 Å². The zero-order chi connectivity index (χ0) is 12.5. The van der Waals surface area contributed by atoms with Gasteiger partial charge in [-0.2, -0.15) is 0 Å². The molecule has 1 aliphatic rings. The SMILES string of the molecule is Fc1cccc(Cl)c1CC1CNc2ccccc21. The van der Waals surface area contributed by atoms with Crippen LogP contribution in [0, 0.1) is 5.82 Å². The van der Waals surface area contributed by atoms with Crippen LogP contribution in [-0.2, 0) is 6.42 Å². The molecular weight excluding hydrogens is 249 g/mol. The van der Waals surface area contributed by atoms with Gasteiger partial charge >= 0.3 is 0 Å². The Morgan fingerprint density at radius 2 is 2.00 bits per heavy atom. The molecule has 0 aromatic heterocycles. The van der Waals surface area contributed by atoms with Crippen LogP contribution in [0.1, 0.15) is 17.0 Å². The van der Waals surface area contributed by atoms with Gasteiger partial charge < -0.3 is 5.32 Å². The summed E-state index contributed by atoms with van der Waals surface area (Å²) in [7, 11) is 0. The van der Waals surface area contributed by atoms with E-state index in [1.807, 2.05) is 12.1 Å². The zero-order valence-corrected chi connectivity index (χ0v) is 10.5. The number of hydrogen-bond acceptors (Lipinski definition) is 1. The van der Waals surface area contributed by atoms with Gasteiger partial charge in [0.05, 0.1) is 0 Å². The molecule has 92 valence electrons. The lowest BCUT2D eigenvalue weighted by Gasteiger charge is -2.12. The van der Waals surface area contributed by atoms with Crippen LogP contribution in [0.2, 0.25) is 5.02 Å². The minimum Gasteiger partial charge on any atom is -0.384 e. The summed E-state index contributed by atoms with van der Waals surface area (Å²) in [4.78, 5) is 0. The fourth-order valence-electron chi connectivity index (χ4n) is 2.51. The summed E-state index contributed by atoms with van der Waals surface area (Å²) in [5.74, 6) is 0.0717. The third-order valence-electron chi connectivity index (χ3n) is 3.45. The Morgan fingerprint density at radius 3 is 2.83 bits per heavy atom. The first-order valence-corrected chi connectivity index (χ1v) is 6.39. The molecule has 0 fully saturated rings. The van der Waals surface area contributed by atoms with Crippen LogP contribution in [0.5, 0.6) is 0 Å². The Morgan fingerprint density at radius 1 is 1.17 bits per heavy atom. The molecule has 1 heterocycles. The number of nitrogens with one attached hydrogen (secondary N) is 1. The standard InChI is InChI=1S/C15H13ClFN/c16-13-5-3-6-14(17)12(13)8-10-9-18-15-7-2-1-4-11(10)15/h1-7,10,18H,8-9H2. The topological polar surface area (TPSA) is 12.0 Å². The maximum Gasteiger partial charge on any atom is 0.127 e. The molecule has 1 nitrogen and oxygen atoms in total. The van der Waals surface area contributed by atoms with Gasteiger partial charge in [-0.3, -0.25) is 0 Å². The molecule has 0 radical (unpaired) electrons. The number of hydrogen-bond donors (Lipinski definition) is 1. The first-order valence-electron chi connectivity index (χ1n) is 6.01. The second kappa shape index (κ2) is 4.62. The van der Waals surface area contributed by atoms with Gasteiger partial charge in [0, 0.05) is 28.7 Å². The highest BCUT2D eigenvalue weighted by molar-refractivity contribution is 6.31. The van der Waals surface area contributed by atoms with Crippen molar-refractivity contribution in [3.63, 3.8) is 0 Å². The van der Waals surface area contributed by atoms with E-state index in [9.17, 15) is 4.39 Å². The van der Waals surface area contributed by atoms with Crippen molar-refractivity contribution < 1.29 is 4.39 Å². The third-order valence-corrected chi connectivity index (χ3v) is 3.81. The molecule has 1 atom stereocenters. The second-order valence-electron chi connectivity index (χ2n) is 4.57. The van der Waals surface area contributed by atoms with Crippen molar-refractivity contribution in [1.29, 1.82) is 0 Å². The summed E-state index contributed by atoms with van der Waals surface area (Å²) in [6.45, 7) is 0.837. The Hall–Kier alpha value is -1.54. The number of fused-ring (bicyclic) bond motifs is 1. The van der Waals surface area contributed by atoms with Gasteiger partial charge in [0.2, 0.25) is 0 Å². The minimum absolute atomic E-state index is 0.216. The predicted molar refractivity (Wildman–Crippen MR) is 72.8 cm³/mol. The summed E-state index contributed by atoms with van der Waals surface area (Å²) in [6, 6.07) is 13.0. The Labute approximate surface area is 111 Å². The van der Waals surface area contributed by atoms with Gasteiger partial charge in [-0.05, 0) is 30.2 Å². The largest absolute Gasteiger partial charge is 0.384 e. The van der Waals surface area contributed by atoms with Crippen molar-refractivity contribution in [1.82, 2.24) is 0 Å². The van der Waals surface area contributed by atoms with Crippen molar-refractivity contribution in [3.8, 4) is 0 Å². The average molecular weight is 262 g/mol. The molecule has 3 heteroatoms. The number of benzene rings is 2. The van der Waals surface area contributed by atoms with Gasteiger partial charge in [-0.25, -0.2) is 4.39 Å². The van der Waals surface area contributed by atoms with Crippen LogP contribution in [0.3, 0.4) is 0 Å². The Bertz CT molecular complexity index is 562. The molecule has 1 unspecified atom stereocenters. The smallest absolute Gasteiger partial charge is 0.127 e. The van der Waals surface area contributed by atoms with Gasteiger partial charge in [-0.1, -0.05) is 35.9 Å². The lowest BCUT2D eigenvalue weighted by Crippen LogP contribution is -2.07. The number of halogens is 2.